The van der Waals surface area contributed by atoms with Crippen molar-refractivity contribution in [1.82, 2.24) is 0 Å². The summed E-state index contributed by atoms with van der Waals surface area (Å²) in [7, 11) is -3.18. The molecule has 0 heterocycles. The number of aryl methyl sites for hydroxylation is 1. The molecule has 0 aliphatic heterocycles. The van der Waals surface area contributed by atoms with Gasteiger partial charge in [0.05, 0.1) is 11.0 Å². The van der Waals surface area contributed by atoms with Crippen molar-refractivity contribution >= 4 is 9.84 Å². The first-order valence-electron chi connectivity index (χ1n) is 6.76. The molecule has 0 bridgehead atoms. The largest absolute Gasteiger partial charge is 0.326 e. The smallest absolute Gasteiger partial charge is 0.158 e. The Morgan fingerprint density at radius 1 is 1.32 bits per heavy atom. The summed E-state index contributed by atoms with van der Waals surface area (Å²) >= 11 is 0. The van der Waals surface area contributed by atoms with E-state index in [1.54, 1.807) is 0 Å². The lowest BCUT2D eigenvalue weighted by Crippen LogP contribution is -2.44. The third-order valence-corrected chi connectivity index (χ3v) is 6.62. The van der Waals surface area contributed by atoms with Crippen LogP contribution >= 0.6 is 0 Å². The average Bonchev–Trinajstić information content (AvgIpc) is 2.58. The Morgan fingerprint density at radius 3 is 2.47 bits per heavy atom. The zero-order valence-electron chi connectivity index (χ0n) is 11.9. The van der Waals surface area contributed by atoms with Crippen LogP contribution in [0.1, 0.15) is 37.8 Å². The first-order valence-corrected chi connectivity index (χ1v) is 8.47. The van der Waals surface area contributed by atoms with E-state index in [4.69, 9.17) is 5.73 Å². The van der Waals surface area contributed by atoms with E-state index in [2.05, 4.69) is 13.8 Å². The van der Waals surface area contributed by atoms with Gasteiger partial charge in [-0.05, 0) is 36.3 Å². The van der Waals surface area contributed by atoms with Gasteiger partial charge in [0.25, 0.3) is 0 Å². The molecule has 0 radical (unpaired) electrons. The summed E-state index contributed by atoms with van der Waals surface area (Å²) in [5, 5.41) is -0.401. The molecule has 106 valence electrons. The fourth-order valence-electron chi connectivity index (χ4n) is 2.86. The quantitative estimate of drug-likeness (QED) is 0.925. The highest BCUT2D eigenvalue weighted by molar-refractivity contribution is 7.91. The lowest BCUT2D eigenvalue weighted by Gasteiger charge is -2.26. The molecule has 19 heavy (non-hydrogen) atoms. The Morgan fingerprint density at radius 2 is 1.95 bits per heavy atom. The van der Waals surface area contributed by atoms with Crippen LogP contribution in [0.25, 0.3) is 0 Å². The molecule has 0 aromatic heterocycles. The topological polar surface area (TPSA) is 60.2 Å². The molecule has 2 rings (SSSR count). The Kier molecular flexibility index (Phi) is 3.76. The molecule has 2 N–H and O–H groups in total. The standard InChI is InChI=1S/C15H23NO2S/c1-11-6-4-5-7-12(11)10-19(17,18)13-8-9-15(2,3)14(13)16/h4-7,13-14H,8-10,16H2,1-3H3. The number of hydrogen-bond acceptors (Lipinski definition) is 3. The van der Waals surface area contributed by atoms with Crippen molar-refractivity contribution in [3.63, 3.8) is 0 Å². The maximum absolute atomic E-state index is 12.6. The molecule has 1 aromatic rings. The van der Waals surface area contributed by atoms with Crippen LogP contribution in [0.15, 0.2) is 24.3 Å². The summed E-state index contributed by atoms with van der Waals surface area (Å²) in [6.45, 7) is 6.06. The van der Waals surface area contributed by atoms with E-state index in [-0.39, 0.29) is 17.2 Å². The van der Waals surface area contributed by atoms with Crippen LogP contribution in [0.2, 0.25) is 0 Å². The molecular formula is C15H23NO2S. The number of benzene rings is 1. The number of nitrogens with two attached hydrogens (primary N) is 1. The number of sulfone groups is 1. The van der Waals surface area contributed by atoms with Gasteiger partial charge in [0.1, 0.15) is 0 Å². The van der Waals surface area contributed by atoms with E-state index in [1.165, 1.54) is 0 Å². The molecule has 0 amide bonds. The Labute approximate surface area is 116 Å². The second kappa shape index (κ2) is 4.91. The van der Waals surface area contributed by atoms with Gasteiger partial charge in [0.15, 0.2) is 9.84 Å². The van der Waals surface area contributed by atoms with Crippen LogP contribution in [-0.2, 0) is 15.6 Å². The summed E-state index contributed by atoms with van der Waals surface area (Å²) in [4.78, 5) is 0. The van der Waals surface area contributed by atoms with Crippen LogP contribution in [0, 0.1) is 12.3 Å². The molecule has 2 unspecified atom stereocenters. The number of hydrogen-bond donors (Lipinski definition) is 1. The third kappa shape index (κ3) is 2.84. The van der Waals surface area contributed by atoms with Gasteiger partial charge >= 0.3 is 0 Å². The lowest BCUT2D eigenvalue weighted by atomic mass is 9.88. The zero-order valence-corrected chi connectivity index (χ0v) is 12.7. The van der Waals surface area contributed by atoms with Crippen molar-refractivity contribution in [3.05, 3.63) is 35.4 Å². The minimum Gasteiger partial charge on any atom is -0.326 e. The summed E-state index contributed by atoms with van der Waals surface area (Å²) in [5.74, 6) is 0.105. The molecule has 1 aliphatic carbocycles. The second-order valence-electron chi connectivity index (χ2n) is 6.33. The highest BCUT2D eigenvalue weighted by Crippen LogP contribution is 2.40. The molecule has 2 atom stereocenters. The fraction of sp³-hybridized carbons (Fsp3) is 0.600. The fourth-order valence-corrected chi connectivity index (χ4v) is 5.13. The van der Waals surface area contributed by atoms with Gasteiger partial charge in [0, 0.05) is 6.04 Å². The van der Waals surface area contributed by atoms with Crippen molar-refractivity contribution in [2.24, 2.45) is 11.1 Å². The molecule has 0 saturated heterocycles. The molecule has 1 fully saturated rings. The van der Waals surface area contributed by atoms with Crippen LogP contribution in [0.3, 0.4) is 0 Å². The highest BCUT2D eigenvalue weighted by Gasteiger charge is 2.45. The van der Waals surface area contributed by atoms with Gasteiger partial charge in [0.2, 0.25) is 0 Å². The van der Waals surface area contributed by atoms with Gasteiger partial charge in [-0.3, -0.25) is 0 Å². The third-order valence-electron chi connectivity index (χ3n) is 4.46. The minimum absolute atomic E-state index is 0.0799. The number of rotatable bonds is 3. The molecule has 3 nitrogen and oxygen atoms in total. The van der Waals surface area contributed by atoms with Gasteiger partial charge in [-0.2, -0.15) is 0 Å². The van der Waals surface area contributed by atoms with Crippen molar-refractivity contribution < 1.29 is 8.42 Å². The van der Waals surface area contributed by atoms with E-state index in [0.717, 1.165) is 17.5 Å². The van der Waals surface area contributed by atoms with Crippen molar-refractivity contribution in [3.8, 4) is 0 Å². The van der Waals surface area contributed by atoms with E-state index < -0.39 is 15.1 Å². The van der Waals surface area contributed by atoms with Gasteiger partial charge in [-0.25, -0.2) is 8.42 Å². The van der Waals surface area contributed by atoms with Crippen LogP contribution in [-0.4, -0.2) is 19.7 Å². The maximum Gasteiger partial charge on any atom is 0.158 e. The second-order valence-corrected chi connectivity index (χ2v) is 8.55. The molecule has 1 aliphatic rings. The predicted molar refractivity (Wildman–Crippen MR) is 78.6 cm³/mol. The molecular weight excluding hydrogens is 258 g/mol. The minimum atomic E-state index is -3.18. The van der Waals surface area contributed by atoms with Gasteiger partial charge in [-0.15, -0.1) is 0 Å². The lowest BCUT2D eigenvalue weighted by molar-refractivity contribution is 0.332. The van der Waals surface area contributed by atoms with Crippen LogP contribution < -0.4 is 5.73 Å². The van der Waals surface area contributed by atoms with E-state index in [0.29, 0.717) is 6.42 Å². The monoisotopic (exact) mass is 281 g/mol. The molecule has 0 spiro atoms. The molecule has 1 aromatic carbocycles. The maximum atomic E-state index is 12.6. The SMILES string of the molecule is Cc1ccccc1CS(=O)(=O)C1CCC(C)(C)C1N. The average molecular weight is 281 g/mol. The van der Waals surface area contributed by atoms with Crippen LogP contribution in [0.4, 0.5) is 0 Å². The van der Waals surface area contributed by atoms with Gasteiger partial charge in [-0.1, -0.05) is 38.1 Å². The van der Waals surface area contributed by atoms with Crippen molar-refractivity contribution in [2.75, 3.05) is 0 Å². The normalized spacial score (nSPS) is 26.5. The van der Waals surface area contributed by atoms with Crippen molar-refractivity contribution in [2.45, 2.75) is 50.7 Å². The summed E-state index contributed by atoms with van der Waals surface area (Å²) < 4.78 is 25.1. The summed E-state index contributed by atoms with van der Waals surface area (Å²) in [6, 6.07) is 7.38. The highest BCUT2D eigenvalue weighted by atomic mass is 32.2. The first-order chi connectivity index (χ1) is 8.74. The van der Waals surface area contributed by atoms with E-state index >= 15 is 0 Å². The molecule has 4 heteroatoms. The van der Waals surface area contributed by atoms with Crippen LogP contribution in [0.5, 0.6) is 0 Å². The molecule has 1 saturated carbocycles. The Balaban J connectivity index is 2.23. The van der Waals surface area contributed by atoms with Crippen molar-refractivity contribution in [1.29, 1.82) is 0 Å². The van der Waals surface area contributed by atoms with E-state index in [1.807, 2.05) is 31.2 Å². The van der Waals surface area contributed by atoms with Gasteiger partial charge < -0.3 is 5.73 Å². The summed E-state index contributed by atoms with van der Waals surface area (Å²) in [6.07, 6.45) is 1.56. The Bertz CT molecular complexity index is 563. The zero-order chi connectivity index (χ0) is 14.3. The Hall–Kier alpha value is -0.870. The predicted octanol–water partition coefficient (Wildman–Crippen LogP) is 2.43. The van der Waals surface area contributed by atoms with E-state index in [9.17, 15) is 8.42 Å². The summed E-state index contributed by atoms with van der Waals surface area (Å²) in [5.41, 5.74) is 7.99. The first kappa shape index (κ1) is 14.5.